The van der Waals surface area contributed by atoms with Crippen LogP contribution in [0.1, 0.15) is 55.0 Å². The van der Waals surface area contributed by atoms with Gasteiger partial charge in [0.2, 0.25) is 11.7 Å². The minimum absolute atomic E-state index is 0.158. The lowest BCUT2D eigenvalue weighted by Gasteiger charge is -2.30. The zero-order chi connectivity index (χ0) is 25.9. The fourth-order valence-electron chi connectivity index (χ4n) is 5.29. The van der Waals surface area contributed by atoms with Gasteiger partial charge in [0.25, 0.3) is 0 Å². The molecule has 0 bridgehead atoms. The van der Waals surface area contributed by atoms with Crippen LogP contribution in [0, 0.1) is 0 Å². The predicted molar refractivity (Wildman–Crippen MR) is 131 cm³/mol. The van der Waals surface area contributed by atoms with Crippen molar-refractivity contribution in [3.8, 4) is 11.6 Å². The molecule has 3 aromatic heterocycles. The number of aromatic nitrogens is 6. The number of anilines is 1. The first kappa shape index (κ1) is 23.4. The lowest BCUT2D eigenvalue weighted by Crippen LogP contribution is -2.35. The molecule has 0 atom stereocenters. The third kappa shape index (κ3) is 4.36. The van der Waals surface area contributed by atoms with E-state index in [4.69, 9.17) is 19.6 Å². The third-order valence-corrected chi connectivity index (χ3v) is 7.49. The summed E-state index contributed by atoms with van der Waals surface area (Å²) in [4.78, 5) is 6.76. The molecule has 7 rings (SSSR count). The lowest BCUT2D eigenvalue weighted by atomic mass is 9.96. The molecule has 0 N–H and O–H groups in total. The molecule has 2 aliphatic heterocycles. The Labute approximate surface area is 216 Å². The average molecular weight is 526 g/mol. The zero-order valence-corrected chi connectivity index (χ0v) is 20.6. The molecule has 1 aliphatic carbocycles. The zero-order valence-electron chi connectivity index (χ0n) is 20.6. The first-order valence-electron chi connectivity index (χ1n) is 12.9. The van der Waals surface area contributed by atoms with Gasteiger partial charge in [0.15, 0.2) is 11.6 Å². The topological polar surface area (TPSA) is 83.1 Å². The summed E-state index contributed by atoms with van der Waals surface area (Å²) in [7, 11) is 0. The van der Waals surface area contributed by atoms with Crippen molar-refractivity contribution in [2.75, 3.05) is 24.7 Å². The van der Waals surface area contributed by atoms with Crippen LogP contribution in [0.5, 0.6) is 11.6 Å². The Kier molecular flexibility index (Phi) is 5.53. The highest BCUT2D eigenvalue weighted by Gasteiger charge is 2.39. The summed E-state index contributed by atoms with van der Waals surface area (Å²) in [6.45, 7) is 2.25. The van der Waals surface area contributed by atoms with E-state index < -0.39 is 12.0 Å². The van der Waals surface area contributed by atoms with Crippen LogP contribution >= 0.6 is 0 Å². The van der Waals surface area contributed by atoms with E-state index in [0.29, 0.717) is 30.2 Å². The number of halogens is 3. The van der Waals surface area contributed by atoms with Gasteiger partial charge in [-0.1, -0.05) is 6.07 Å². The monoisotopic (exact) mass is 525 g/mol. The van der Waals surface area contributed by atoms with Gasteiger partial charge in [-0.25, -0.2) is 4.98 Å². The normalized spacial score (nSPS) is 18.7. The van der Waals surface area contributed by atoms with E-state index in [1.54, 1.807) is 0 Å². The summed E-state index contributed by atoms with van der Waals surface area (Å²) in [5.41, 5.74) is 2.56. The second-order valence-electron chi connectivity index (χ2n) is 10.1. The molecule has 1 aromatic carbocycles. The maximum atomic E-state index is 13.2. The molecule has 4 aromatic rings. The van der Waals surface area contributed by atoms with Crippen molar-refractivity contribution in [1.82, 2.24) is 29.5 Å². The average Bonchev–Trinajstić information content (AvgIpc) is 3.54. The standard InChI is InChI=1S/C26H26F3N7O2/c27-26(28,29)25-32-31-22-15-34(9-10-35(22)25)19-3-1-16-2-6-23(30-20(16)13-19)38-21-14-36(18-4-5-18)33-24(21)17-7-11-37-12-8-17/h1-3,6,13-14,17-18H,4-5,7-12,15H2. The number of alkyl halides is 3. The van der Waals surface area contributed by atoms with Gasteiger partial charge < -0.3 is 18.9 Å². The van der Waals surface area contributed by atoms with Crippen molar-refractivity contribution in [3.63, 3.8) is 0 Å². The number of fused-ring (bicyclic) bond motifs is 2. The van der Waals surface area contributed by atoms with Gasteiger partial charge in [0.1, 0.15) is 5.69 Å². The van der Waals surface area contributed by atoms with Gasteiger partial charge in [0.05, 0.1) is 24.3 Å². The molecule has 2 fully saturated rings. The van der Waals surface area contributed by atoms with Crippen LogP contribution in [-0.4, -0.2) is 49.3 Å². The van der Waals surface area contributed by atoms with Crippen molar-refractivity contribution in [2.24, 2.45) is 0 Å². The Morgan fingerprint density at radius 1 is 0.974 bits per heavy atom. The largest absolute Gasteiger partial charge is 0.451 e. The molecule has 0 amide bonds. The van der Waals surface area contributed by atoms with Crippen molar-refractivity contribution in [3.05, 3.63) is 53.9 Å². The molecule has 5 heterocycles. The number of hydrogen-bond acceptors (Lipinski definition) is 7. The summed E-state index contributed by atoms with van der Waals surface area (Å²) in [6, 6.07) is 10.1. The summed E-state index contributed by atoms with van der Waals surface area (Å²) in [6.07, 6.45) is 1.58. The van der Waals surface area contributed by atoms with E-state index in [1.165, 1.54) is 0 Å². The second kappa shape index (κ2) is 8.97. The number of pyridine rings is 1. The van der Waals surface area contributed by atoms with Gasteiger partial charge >= 0.3 is 6.18 Å². The Hall–Kier alpha value is -3.67. The highest BCUT2D eigenvalue weighted by atomic mass is 19.4. The van der Waals surface area contributed by atoms with E-state index in [0.717, 1.165) is 71.5 Å². The van der Waals surface area contributed by atoms with Crippen LogP contribution in [0.3, 0.4) is 0 Å². The first-order valence-corrected chi connectivity index (χ1v) is 12.9. The van der Waals surface area contributed by atoms with Crippen LogP contribution in [-0.2, 0) is 24.0 Å². The predicted octanol–water partition coefficient (Wildman–Crippen LogP) is 5.08. The SMILES string of the molecule is FC(F)(F)c1nnc2n1CCN(c1ccc3ccc(Oc4cn(C5CC5)nc4C4CCOCC4)nc3c1)C2. The molecule has 0 spiro atoms. The fraction of sp³-hybridized carbons (Fsp3) is 0.462. The Morgan fingerprint density at radius 3 is 2.58 bits per heavy atom. The smallest absolute Gasteiger partial charge is 0.435 e. The van der Waals surface area contributed by atoms with Crippen LogP contribution in [0.15, 0.2) is 36.5 Å². The van der Waals surface area contributed by atoms with E-state index in [9.17, 15) is 13.2 Å². The van der Waals surface area contributed by atoms with Crippen LogP contribution in [0.4, 0.5) is 18.9 Å². The summed E-state index contributed by atoms with van der Waals surface area (Å²) < 4.78 is 54.7. The van der Waals surface area contributed by atoms with Gasteiger partial charge in [0, 0.05) is 49.4 Å². The molecule has 3 aliphatic rings. The van der Waals surface area contributed by atoms with Crippen LogP contribution in [0.2, 0.25) is 0 Å². The first-order chi connectivity index (χ1) is 18.4. The van der Waals surface area contributed by atoms with E-state index in [-0.39, 0.29) is 13.1 Å². The number of hydrogen-bond donors (Lipinski definition) is 0. The minimum atomic E-state index is -4.52. The Bertz CT molecular complexity index is 1490. The summed E-state index contributed by atoms with van der Waals surface area (Å²) in [5, 5.41) is 13.0. The number of rotatable bonds is 5. The highest BCUT2D eigenvalue weighted by molar-refractivity contribution is 5.83. The molecular weight excluding hydrogens is 499 g/mol. The highest BCUT2D eigenvalue weighted by Crippen LogP contribution is 2.40. The molecule has 38 heavy (non-hydrogen) atoms. The molecule has 1 saturated heterocycles. The number of nitrogens with zero attached hydrogens (tertiary/aromatic N) is 7. The van der Waals surface area contributed by atoms with Crippen molar-refractivity contribution in [2.45, 2.75) is 56.9 Å². The summed E-state index contributed by atoms with van der Waals surface area (Å²) in [5.74, 6) is 0.861. The molecule has 1 saturated carbocycles. The van der Waals surface area contributed by atoms with Crippen LogP contribution in [0.25, 0.3) is 10.9 Å². The molecule has 0 radical (unpaired) electrons. The quantitative estimate of drug-likeness (QED) is 0.359. The van der Waals surface area contributed by atoms with Gasteiger partial charge in [-0.3, -0.25) is 4.68 Å². The maximum Gasteiger partial charge on any atom is 0.451 e. The van der Waals surface area contributed by atoms with Crippen LogP contribution < -0.4 is 9.64 Å². The molecule has 9 nitrogen and oxygen atoms in total. The number of ether oxygens (including phenoxy) is 2. The Morgan fingerprint density at radius 2 is 1.79 bits per heavy atom. The molecule has 0 unspecified atom stereocenters. The van der Waals surface area contributed by atoms with E-state index in [2.05, 4.69) is 10.2 Å². The van der Waals surface area contributed by atoms with E-state index in [1.807, 2.05) is 46.1 Å². The van der Waals surface area contributed by atoms with Crippen molar-refractivity contribution < 1.29 is 22.6 Å². The van der Waals surface area contributed by atoms with Crippen molar-refractivity contribution >= 4 is 16.6 Å². The van der Waals surface area contributed by atoms with Gasteiger partial charge in [-0.2, -0.15) is 18.3 Å². The number of benzene rings is 1. The summed E-state index contributed by atoms with van der Waals surface area (Å²) >= 11 is 0. The molecule has 198 valence electrons. The molecular formula is C26H26F3N7O2. The molecule has 12 heteroatoms. The van der Waals surface area contributed by atoms with Gasteiger partial charge in [-0.15, -0.1) is 10.2 Å². The minimum Gasteiger partial charge on any atom is -0.435 e. The maximum absolute atomic E-state index is 13.2. The van der Waals surface area contributed by atoms with Crippen molar-refractivity contribution in [1.29, 1.82) is 0 Å². The Balaban J connectivity index is 1.15. The van der Waals surface area contributed by atoms with E-state index >= 15 is 0 Å². The fourth-order valence-corrected chi connectivity index (χ4v) is 5.29. The second-order valence-corrected chi connectivity index (χ2v) is 10.1. The third-order valence-electron chi connectivity index (χ3n) is 7.49. The van der Waals surface area contributed by atoms with Gasteiger partial charge in [-0.05, 0) is 43.9 Å². The lowest BCUT2D eigenvalue weighted by molar-refractivity contribution is -0.147.